The maximum Gasteiger partial charge on any atom is 0.124 e. The van der Waals surface area contributed by atoms with Crippen LogP contribution in [0.3, 0.4) is 0 Å². The van der Waals surface area contributed by atoms with Crippen LogP contribution in [0.15, 0.2) is 42.5 Å². The first-order chi connectivity index (χ1) is 11.5. The molecule has 0 aliphatic carbocycles. The minimum absolute atomic E-state index is 0.0432. The summed E-state index contributed by atoms with van der Waals surface area (Å²) in [6, 6.07) is 11.9. The summed E-state index contributed by atoms with van der Waals surface area (Å²) in [6.45, 7) is 2.87. The molecule has 2 aromatic rings. The zero-order chi connectivity index (χ0) is 17.5. The third-order valence-corrected chi connectivity index (χ3v) is 3.98. The molecule has 0 aliphatic rings. The molecule has 5 heteroatoms. The maximum absolute atomic E-state index is 12.9. The molecule has 0 aliphatic heterocycles. The molecule has 0 heterocycles. The Kier molecular flexibility index (Phi) is 6.73. The lowest BCUT2D eigenvalue weighted by Crippen LogP contribution is -2.24. The quantitative estimate of drug-likeness (QED) is 0.778. The normalized spacial score (nSPS) is 13.5. The van der Waals surface area contributed by atoms with Crippen LogP contribution in [0.25, 0.3) is 0 Å². The van der Waals surface area contributed by atoms with E-state index < -0.39 is 6.10 Å². The third-order valence-electron chi connectivity index (χ3n) is 3.98. The molecule has 0 saturated carbocycles. The van der Waals surface area contributed by atoms with Gasteiger partial charge in [0.05, 0.1) is 19.8 Å². The minimum atomic E-state index is -0.690. The highest BCUT2D eigenvalue weighted by Gasteiger charge is 2.13. The lowest BCUT2D eigenvalue weighted by Gasteiger charge is -2.19. The highest BCUT2D eigenvalue weighted by atomic mass is 19.1. The van der Waals surface area contributed by atoms with Crippen molar-refractivity contribution in [3.8, 4) is 5.75 Å². The van der Waals surface area contributed by atoms with E-state index in [1.807, 2.05) is 25.1 Å². The predicted octanol–water partition coefficient (Wildman–Crippen LogP) is 3.36. The molecular formula is C19H24FNO3. The van der Waals surface area contributed by atoms with Gasteiger partial charge in [-0.3, -0.25) is 0 Å². The minimum Gasteiger partial charge on any atom is -0.496 e. The summed E-state index contributed by atoms with van der Waals surface area (Å²) in [4.78, 5) is 0. The first-order valence-corrected chi connectivity index (χ1v) is 7.87. The fourth-order valence-corrected chi connectivity index (χ4v) is 2.55. The molecule has 2 unspecified atom stereocenters. The Morgan fingerprint density at radius 3 is 2.38 bits per heavy atom. The maximum atomic E-state index is 12.9. The molecular weight excluding hydrogens is 309 g/mol. The fraction of sp³-hybridized carbons (Fsp3) is 0.368. The Balaban J connectivity index is 2.00. The molecule has 4 nitrogen and oxygen atoms in total. The average Bonchev–Trinajstić information content (AvgIpc) is 2.60. The van der Waals surface area contributed by atoms with Crippen LogP contribution in [0, 0.1) is 5.82 Å². The number of aliphatic hydroxyl groups excluding tert-OH is 1. The van der Waals surface area contributed by atoms with Gasteiger partial charge >= 0.3 is 0 Å². The summed E-state index contributed by atoms with van der Waals surface area (Å²) in [5, 5.41) is 13.5. The van der Waals surface area contributed by atoms with Crippen LogP contribution in [0.4, 0.5) is 4.39 Å². The molecule has 2 atom stereocenters. The third kappa shape index (κ3) is 4.77. The molecule has 2 aromatic carbocycles. The van der Waals surface area contributed by atoms with Gasteiger partial charge in [0.15, 0.2) is 0 Å². The number of benzene rings is 2. The Morgan fingerprint density at radius 2 is 1.75 bits per heavy atom. The summed E-state index contributed by atoms with van der Waals surface area (Å²) in [6.07, 6.45) is -0.690. The van der Waals surface area contributed by atoms with Crippen molar-refractivity contribution in [2.24, 2.45) is 0 Å². The van der Waals surface area contributed by atoms with E-state index in [1.165, 1.54) is 12.1 Å². The second kappa shape index (κ2) is 8.78. The lowest BCUT2D eigenvalue weighted by atomic mass is 10.0. The first kappa shape index (κ1) is 18.4. The second-order valence-electron chi connectivity index (χ2n) is 5.70. The number of methoxy groups -OCH3 is 2. The largest absolute Gasteiger partial charge is 0.496 e. The van der Waals surface area contributed by atoms with Gasteiger partial charge in [-0.15, -0.1) is 0 Å². The van der Waals surface area contributed by atoms with E-state index in [2.05, 4.69) is 5.32 Å². The van der Waals surface area contributed by atoms with Gasteiger partial charge < -0.3 is 19.9 Å². The van der Waals surface area contributed by atoms with E-state index in [0.29, 0.717) is 18.7 Å². The molecule has 0 bridgehead atoms. The molecule has 0 fully saturated rings. The molecule has 0 spiro atoms. The highest BCUT2D eigenvalue weighted by Crippen LogP contribution is 2.24. The first-order valence-electron chi connectivity index (χ1n) is 7.87. The van der Waals surface area contributed by atoms with E-state index in [1.54, 1.807) is 26.4 Å². The summed E-state index contributed by atoms with van der Waals surface area (Å²) < 4.78 is 23.5. The van der Waals surface area contributed by atoms with Crippen molar-refractivity contribution in [2.75, 3.05) is 20.8 Å². The van der Waals surface area contributed by atoms with Gasteiger partial charge in [-0.1, -0.05) is 18.2 Å². The van der Waals surface area contributed by atoms with Gasteiger partial charge in [0.1, 0.15) is 11.6 Å². The molecule has 2 rings (SSSR count). The van der Waals surface area contributed by atoms with Crippen LogP contribution in [-0.2, 0) is 11.3 Å². The van der Waals surface area contributed by atoms with Crippen molar-refractivity contribution in [2.45, 2.75) is 25.7 Å². The molecule has 2 N–H and O–H groups in total. The number of hydrogen-bond donors (Lipinski definition) is 2. The summed E-state index contributed by atoms with van der Waals surface area (Å²) in [5.41, 5.74) is 2.74. The number of aliphatic hydroxyl groups is 1. The van der Waals surface area contributed by atoms with E-state index in [0.717, 1.165) is 16.9 Å². The van der Waals surface area contributed by atoms with Crippen molar-refractivity contribution in [3.05, 3.63) is 65.0 Å². The molecule has 130 valence electrons. The smallest absolute Gasteiger partial charge is 0.124 e. The van der Waals surface area contributed by atoms with Gasteiger partial charge in [-0.2, -0.15) is 0 Å². The molecule has 0 radical (unpaired) electrons. The number of rotatable bonds is 8. The average molecular weight is 333 g/mol. The van der Waals surface area contributed by atoms with Crippen LogP contribution in [0.1, 0.15) is 35.8 Å². The van der Waals surface area contributed by atoms with Gasteiger partial charge in [-0.05, 0) is 42.3 Å². The van der Waals surface area contributed by atoms with Gasteiger partial charge in [0.25, 0.3) is 0 Å². The van der Waals surface area contributed by atoms with Crippen molar-refractivity contribution in [1.82, 2.24) is 5.32 Å². The SMILES string of the molecule is COCc1cc(C(C)NCC(O)c2ccc(F)cc2)ccc1OC. The Hall–Kier alpha value is -1.95. The molecule has 0 amide bonds. The van der Waals surface area contributed by atoms with E-state index in [4.69, 9.17) is 9.47 Å². The van der Waals surface area contributed by atoms with Crippen molar-refractivity contribution >= 4 is 0 Å². The van der Waals surface area contributed by atoms with Crippen LogP contribution in [0.2, 0.25) is 0 Å². The van der Waals surface area contributed by atoms with Crippen LogP contribution >= 0.6 is 0 Å². The second-order valence-corrected chi connectivity index (χ2v) is 5.70. The van der Waals surface area contributed by atoms with Gasteiger partial charge in [0.2, 0.25) is 0 Å². The highest BCUT2D eigenvalue weighted by molar-refractivity contribution is 5.38. The zero-order valence-corrected chi connectivity index (χ0v) is 14.3. The monoisotopic (exact) mass is 333 g/mol. The van der Waals surface area contributed by atoms with Crippen LogP contribution in [0.5, 0.6) is 5.75 Å². The predicted molar refractivity (Wildman–Crippen MR) is 91.5 cm³/mol. The summed E-state index contributed by atoms with van der Waals surface area (Å²) >= 11 is 0. The molecule has 24 heavy (non-hydrogen) atoms. The van der Waals surface area contributed by atoms with Gasteiger partial charge in [0, 0.05) is 25.3 Å². The Labute approximate surface area is 142 Å². The van der Waals surface area contributed by atoms with Crippen molar-refractivity contribution < 1.29 is 19.0 Å². The number of halogens is 1. The lowest BCUT2D eigenvalue weighted by molar-refractivity contribution is 0.170. The van der Waals surface area contributed by atoms with Crippen LogP contribution < -0.4 is 10.1 Å². The van der Waals surface area contributed by atoms with Crippen molar-refractivity contribution in [3.63, 3.8) is 0 Å². The molecule has 0 aromatic heterocycles. The topological polar surface area (TPSA) is 50.7 Å². The zero-order valence-electron chi connectivity index (χ0n) is 14.3. The van der Waals surface area contributed by atoms with E-state index in [9.17, 15) is 9.50 Å². The van der Waals surface area contributed by atoms with Crippen molar-refractivity contribution in [1.29, 1.82) is 0 Å². The number of hydrogen-bond acceptors (Lipinski definition) is 4. The number of nitrogens with one attached hydrogen (secondary N) is 1. The van der Waals surface area contributed by atoms with Crippen LogP contribution in [-0.4, -0.2) is 25.9 Å². The standard InChI is InChI=1S/C19H24FNO3/c1-13(15-6-9-19(24-3)16(10-15)12-23-2)21-11-18(22)14-4-7-17(20)8-5-14/h4-10,13,18,21-22H,11-12H2,1-3H3. The fourth-order valence-electron chi connectivity index (χ4n) is 2.55. The molecule has 0 saturated heterocycles. The number of ether oxygens (including phenoxy) is 2. The van der Waals surface area contributed by atoms with E-state index >= 15 is 0 Å². The summed E-state index contributed by atoms with van der Waals surface area (Å²) in [5.74, 6) is 0.482. The Bertz CT molecular complexity index is 646. The van der Waals surface area contributed by atoms with E-state index in [-0.39, 0.29) is 11.9 Å². The summed E-state index contributed by atoms with van der Waals surface area (Å²) in [7, 11) is 3.28. The van der Waals surface area contributed by atoms with Gasteiger partial charge in [-0.25, -0.2) is 4.39 Å². The Morgan fingerprint density at radius 1 is 1.08 bits per heavy atom.